The summed E-state index contributed by atoms with van der Waals surface area (Å²) in [6.45, 7) is 3.50. The smallest absolute Gasteiger partial charge is 0.261 e. The molecule has 0 atom stereocenters. The van der Waals surface area contributed by atoms with Gasteiger partial charge in [0, 0.05) is 11.4 Å². The highest BCUT2D eigenvalue weighted by atomic mass is 32.2. The van der Waals surface area contributed by atoms with Crippen molar-refractivity contribution in [1.29, 1.82) is 0 Å². The number of hydrogen-bond acceptors (Lipinski definition) is 5. The van der Waals surface area contributed by atoms with Crippen molar-refractivity contribution in [3.05, 3.63) is 41.7 Å². The Morgan fingerprint density at radius 3 is 2.30 bits per heavy atom. The van der Waals surface area contributed by atoms with E-state index in [-0.39, 0.29) is 4.90 Å². The van der Waals surface area contributed by atoms with Crippen molar-refractivity contribution < 1.29 is 8.42 Å². The first-order chi connectivity index (χ1) is 9.29. The average Bonchev–Trinajstić information content (AvgIpc) is 2.35. The van der Waals surface area contributed by atoms with E-state index < -0.39 is 10.0 Å². The van der Waals surface area contributed by atoms with E-state index in [4.69, 9.17) is 11.5 Å². The minimum Gasteiger partial charge on any atom is -0.399 e. The number of nitrogens with one attached hydrogen (secondary N) is 1. The van der Waals surface area contributed by atoms with Crippen LogP contribution in [-0.2, 0) is 10.0 Å². The first kappa shape index (κ1) is 14.1. The van der Waals surface area contributed by atoms with Crippen LogP contribution in [0.3, 0.4) is 0 Å². The monoisotopic (exact) mass is 292 g/mol. The van der Waals surface area contributed by atoms with Gasteiger partial charge in [-0.2, -0.15) is 0 Å². The number of nitrogens with zero attached hydrogens (tertiary/aromatic N) is 1. The third-order valence-electron chi connectivity index (χ3n) is 2.81. The molecule has 0 aliphatic carbocycles. The molecule has 7 heteroatoms. The topological polar surface area (TPSA) is 111 Å². The summed E-state index contributed by atoms with van der Waals surface area (Å²) in [5.74, 6) is 0. The van der Waals surface area contributed by atoms with Crippen LogP contribution in [0.1, 0.15) is 11.4 Å². The summed E-state index contributed by atoms with van der Waals surface area (Å²) >= 11 is 0. The molecule has 20 heavy (non-hydrogen) atoms. The predicted molar refractivity (Wildman–Crippen MR) is 79.8 cm³/mol. The van der Waals surface area contributed by atoms with Crippen LogP contribution in [0.25, 0.3) is 0 Å². The molecular weight excluding hydrogens is 276 g/mol. The van der Waals surface area contributed by atoms with Crippen LogP contribution in [0, 0.1) is 13.8 Å². The zero-order chi connectivity index (χ0) is 14.9. The number of anilines is 3. The highest BCUT2D eigenvalue weighted by molar-refractivity contribution is 7.92. The Labute approximate surface area is 117 Å². The lowest BCUT2D eigenvalue weighted by Gasteiger charge is -2.12. The molecule has 0 bridgehead atoms. The molecule has 106 valence electrons. The van der Waals surface area contributed by atoms with Crippen LogP contribution in [0.4, 0.5) is 17.1 Å². The van der Waals surface area contributed by atoms with Crippen molar-refractivity contribution in [2.75, 3.05) is 16.2 Å². The molecular formula is C13H16N4O2S. The largest absolute Gasteiger partial charge is 0.399 e. The summed E-state index contributed by atoms with van der Waals surface area (Å²) < 4.78 is 27.0. The molecule has 0 unspecified atom stereocenters. The zero-order valence-corrected chi connectivity index (χ0v) is 12.0. The summed E-state index contributed by atoms with van der Waals surface area (Å²) in [4.78, 5) is 4.30. The second-order valence-corrected chi connectivity index (χ2v) is 6.17. The van der Waals surface area contributed by atoms with E-state index in [2.05, 4.69) is 9.71 Å². The molecule has 0 saturated carbocycles. The van der Waals surface area contributed by atoms with Gasteiger partial charge in [0.05, 0.1) is 22.0 Å². The number of nitrogens with two attached hydrogens (primary N) is 2. The number of pyridine rings is 1. The lowest BCUT2D eigenvalue weighted by atomic mass is 10.2. The van der Waals surface area contributed by atoms with Gasteiger partial charge in [0.1, 0.15) is 0 Å². The molecule has 5 N–H and O–H groups in total. The van der Waals surface area contributed by atoms with Gasteiger partial charge in [-0.3, -0.25) is 9.71 Å². The van der Waals surface area contributed by atoms with Crippen molar-refractivity contribution in [3.63, 3.8) is 0 Å². The number of aryl methyl sites for hydroxylation is 2. The molecule has 1 heterocycles. The number of sulfonamides is 1. The SMILES string of the molecule is Cc1cc(NS(=O)(=O)c2ccc(N)cc2)c(N)c(C)n1. The second kappa shape index (κ2) is 5.01. The molecule has 0 aliphatic heterocycles. The molecule has 1 aromatic carbocycles. The number of rotatable bonds is 3. The fourth-order valence-corrected chi connectivity index (χ4v) is 2.84. The van der Waals surface area contributed by atoms with Crippen LogP contribution in [0.2, 0.25) is 0 Å². The van der Waals surface area contributed by atoms with E-state index >= 15 is 0 Å². The summed E-state index contributed by atoms with van der Waals surface area (Å²) in [5, 5.41) is 0. The Morgan fingerprint density at radius 1 is 1.10 bits per heavy atom. The van der Waals surface area contributed by atoms with E-state index in [9.17, 15) is 8.42 Å². The average molecular weight is 292 g/mol. The Kier molecular flexibility index (Phi) is 3.54. The van der Waals surface area contributed by atoms with Crippen molar-refractivity contribution in [2.45, 2.75) is 18.7 Å². The molecule has 6 nitrogen and oxygen atoms in total. The highest BCUT2D eigenvalue weighted by Crippen LogP contribution is 2.25. The molecule has 0 spiro atoms. The number of aromatic nitrogens is 1. The summed E-state index contributed by atoms with van der Waals surface area (Å²) in [6, 6.07) is 7.53. The van der Waals surface area contributed by atoms with Gasteiger partial charge < -0.3 is 11.5 Å². The van der Waals surface area contributed by atoms with Gasteiger partial charge in [-0.25, -0.2) is 8.42 Å². The van der Waals surface area contributed by atoms with E-state index in [1.807, 2.05) is 0 Å². The van der Waals surface area contributed by atoms with E-state index in [0.717, 1.165) is 0 Å². The highest BCUT2D eigenvalue weighted by Gasteiger charge is 2.16. The van der Waals surface area contributed by atoms with Gasteiger partial charge in [-0.1, -0.05) is 0 Å². The van der Waals surface area contributed by atoms with E-state index in [1.165, 1.54) is 24.3 Å². The van der Waals surface area contributed by atoms with Gasteiger partial charge in [0.15, 0.2) is 0 Å². The van der Waals surface area contributed by atoms with Crippen LogP contribution >= 0.6 is 0 Å². The Bertz CT molecular complexity index is 740. The fourth-order valence-electron chi connectivity index (χ4n) is 1.77. The number of nitrogen functional groups attached to an aromatic ring is 2. The molecule has 0 fully saturated rings. The van der Waals surface area contributed by atoms with Gasteiger partial charge in [0.25, 0.3) is 10.0 Å². The molecule has 0 radical (unpaired) electrons. The van der Waals surface area contributed by atoms with Gasteiger partial charge in [-0.15, -0.1) is 0 Å². The van der Waals surface area contributed by atoms with Crippen molar-refractivity contribution >= 4 is 27.1 Å². The third-order valence-corrected chi connectivity index (χ3v) is 4.19. The summed E-state index contributed by atoms with van der Waals surface area (Å²) in [7, 11) is -3.70. The Balaban J connectivity index is 2.41. The van der Waals surface area contributed by atoms with Gasteiger partial charge in [0.2, 0.25) is 0 Å². The maximum Gasteiger partial charge on any atom is 0.261 e. The molecule has 0 aliphatic rings. The standard InChI is InChI=1S/C13H16N4O2S/c1-8-7-12(13(15)9(2)16-8)17-20(18,19)11-5-3-10(14)4-6-11/h3-7H,14-15H2,1-2H3,(H,16,17). The van der Waals surface area contributed by atoms with Gasteiger partial charge >= 0.3 is 0 Å². The second-order valence-electron chi connectivity index (χ2n) is 4.48. The molecule has 2 rings (SSSR count). The maximum atomic E-state index is 12.3. The summed E-state index contributed by atoms with van der Waals surface area (Å²) in [5.41, 5.74) is 13.8. The Hall–Kier alpha value is -2.28. The van der Waals surface area contributed by atoms with Crippen molar-refractivity contribution in [1.82, 2.24) is 4.98 Å². The minimum atomic E-state index is -3.70. The first-order valence-corrected chi connectivity index (χ1v) is 7.40. The van der Waals surface area contributed by atoms with Crippen LogP contribution in [0.15, 0.2) is 35.2 Å². The quantitative estimate of drug-likeness (QED) is 0.745. The summed E-state index contributed by atoms with van der Waals surface area (Å²) in [6.07, 6.45) is 0. The van der Waals surface area contributed by atoms with Crippen LogP contribution in [-0.4, -0.2) is 13.4 Å². The van der Waals surface area contributed by atoms with Gasteiger partial charge in [-0.05, 0) is 44.2 Å². The molecule has 0 amide bonds. The molecule has 1 aromatic heterocycles. The van der Waals surface area contributed by atoms with E-state index in [1.54, 1.807) is 19.9 Å². The van der Waals surface area contributed by atoms with E-state index in [0.29, 0.717) is 28.5 Å². The molecule has 0 saturated heterocycles. The third kappa shape index (κ3) is 2.83. The van der Waals surface area contributed by atoms with Crippen LogP contribution < -0.4 is 16.2 Å². The van der Waals surface area contributed by atoms with Crippen LogP contribution in [0.5, 0.6) is 0 Å². The zero-order valence-electron chi connectivity index (χ0n) is 11.2. The normalized spacial score (nSPS) is 11.3. The molecule has 2 aromatic rings. The van der Waals surface area contributed by atoms with Crippen molar-refractivity contribution in [3.8, 4) is 0 Å². The van der Waals surface area contributed by atoms with Crippen molar-refractivity contribution in [2.24, 2.45) is 0 Å². The lowest BCUT2D eigenvalue weighted by molar-refractivity contribution is 0.601. The minimum absolute atomic E-state index is 0.123. The fraction of sp³-hybridized carbons (Fsp3) is 0.154. The Morgan fingerprint density at radius 2 is 1.70 bits per heavy atom. The predicted octanol–water partition coefficient (Wildman–Crippen LogP) is 1.66. The first-order valence-electron chi connectivity index (χ1n) is 5.91. The maximum absolute atomic E-state index is 12.3. The lowest BCUT2D eigenvalue weighted by Crippen LogP contribution is -2.15. The number of benzene rings is 1. The number of hydrogen-bond donors (Lipinski definition) is 3.